The summed E-state index contributed by atoms with van der Waals surface area (Å²) in [5.74, 6) is -0.996. The van der Waals surface area contributed by atoms with Gasteiger partial charge in [0.1, 0.15) is 0 Å². The molecule has 0 saturated heterocycles. The van der Waals surface area contributed by atoms with E-state index in [1.807, 2.05) is 12.1 Å². The zero-order valence-corrected chi connectivity index (χ0v) is 21.0. The third kappa shape index (κ3) is 5.50. The number of esters is 1. The topological polar surface area (TPSA) is 72.8 Å². The molecule has 0 radical (unpaired) electrons. The van der Waals surface area contributed by atoms with E-state index in [2.05, 4.69) is 55.8 Å². The number of carboxylic acid groups (broad SMARTS) is 1. The Morgan fingerprint density at radius 1 is 1.19 bits per heavy atom. The van der Waals surface area contributed by atoms with Gasteiger partial charge in [-0.25, -0.2) is 9.59 Å². The molecule has 31 heavy (non-hydrogen) atoms. The van der Waals surface area contributed by atoms with Gasteiger partial charge in [0.25, 0.3) is 0 Å². The third-order valence-electron chi connectivity index (χ3n) is 5.70. The number of carbonyl (C=O) groups is 2. The summed E-state index contributed by atoms with van der Waals surface area (Å²) in [7, 11) is 1.30. The number of carboxylic acids is 1. The second-order valence-corrected chi connectivity index (χ2v) is 11.6. The molecule has 5 nitrogen and oxygen atoms in total. The Bertz CT molecular complexity index is 976. The maximum absolute atomic E-state index is 12.3. The summed E-state index contributed by atoms with van der Waals surface area (Å²) >= 11 is 4.77. The quantitative estimate of drug-likeness (QED) is 0.436. The first-order valence-corrected chi connectivity index (χ1v) is 11.9. The number of rotatable bonds is 6. The average molecular weight is 509 g/mol. The van der Waals surface area contributed by atoms with E-state index in [9.17, 15) is 9.59 Å². The minimum Gasteiger partial charge on any atom is -0.479 e. The molecule has 1 aliphatic carbocycles. The molecule has 1 N–H and O–H groups in total. The van der Waals surface area contributed by atoms with Gasteiger partial charge in [0.15, 0.2) is 17.2 Å². The van der Waals surface area contributed by atoms with Crippen LogP contribution in [-0.2, 0) is 9.53 Å². The third-order valence-corrected chi connectivity index (χ3v) is 7.91. The summed E-state index contributed by atoms with van der Waals surface area (Å²) in [5.41, 5.74) is 2.81. The minimum atomic E-state index is -1.11. The van der Waals surface area contributed by atoms with Gasteiger partial charge < -0.3 is 14.6 Å². The normalized spacial score (nSPS) is 17.9. The smallest absolute Gasteiger partial charge is 0.351 e. The molecule has 0 bridgehead atoms. The van der Waals surface area contributed by atoms with Gasteiger partial charge in [-0.15, -0.1) is 11.3 Å². The second-order valence-electron chi connectivity index (χ2n) is 9.81. The van der Waals surface area contributed by atoms with Crippen molar-refractivity contribution < 1.29 is 24.2 Å². The number of halogens is 1. The van der Waals surface area contributed by atoms with E-state index >= 15 is 0 Å². The maximum atomic E-state index is 12.3. The van der Waals surface area contributed by atoms with Crippen LogP contribution in [0.1, 0.15) is 68.1 Å². The highest BCUT2D eigenvalue weighted by Gasteiger charge is 2.39. The van der Waals surface area contributed by atoms with Crippen molar-refractivity contribution in [3.63, 3.8) is 0 Å². The summed E-state index contributed by atoms with van der Waals surface area (Å²) in [5, 5.41) is 8.99. The molecule has 0 atom stereocenters. The summed E-state index contributed by atoms with van der Waals surface area (Å²) < 4.78 is 10.9. The van der Waals surface area contributed by atoms with E-state index in [1.54, 1.807) is 0 Å². The Balaban J connectivity index is 2.00. The van der Waals surface area contributed by atoms with E-state index < -0.39 is 18.5 Å². The van der Waals surface area contributed by atoms with E-state index in [1.165, 1.54) is 30.4 Å². The number of carbonyl (C=O) groups excluding carboxylic acids is 1. The lowest BCUT2D eigenvalue weighted by Crippen LogP contribution is -2.32. The van der Waals surface area contributed by atoms with Gasteiger partial charge in [-0.1, -0.05) is 52.0 Å². The zero-order chi connectivity index (χ0) is 23.0. The number of aliphatic carboxylic acids is 1. The van der Waals surface area contributed by atoms with Gasteiger partial charge >= 0.3 is 11.9 Å². The lowest BCUT2D eigenvalue weighted by atomic mass is 9.60. The first-order valence-electron chi connectivity index (χ1n) is 10.3. The van der Waals surface area contributed by atoms with Crippen LogP contribution in [0, 0.1) is 10.8 Å². The molecule has 3 rings (SSSR count). The number of ether oxygens (including phenoxy) is 2. The molecule has 7 heteroatoms. The van der Waals surface area contributed by atoms with E-state index in [0.29, 0.717) is 10.4 Å². The molecule has 1 fully saturated rings. The molecular weight excluding hydrogens is 480 g/mol. The minimum absolute atomic E-state index is 0.208. The molecule has 1 heterocycles. The molecule has 2 aromatic rings. The predicted molar refractivity (Wildman–Crippen MR) is 126 cm³/mol. The van der Waals surface area contributed by atoms with Gasteiger partial charge in [-0.3, -0.25) is 0 Å². The fourth-order valence-corrected chi connectivity index (χ4v) is 7.05. The summed E-state index contributed by atoms with van der Waals surface area (Å²) in [6.07, 6.45) is 3.47. The van der Waals surface area contributed by atoms with Crippen molar-refractivity contribution in [2.45, 2.75) is 52.9 Å². The molecule has 0 aliphatic heterocycles. The summed E-state index contributed by atoms with van der Waals surface area (Å²) in [6.45, 7) is 8.83. The first kappa shape index (κ1) is 23.8. The second kappa shape index (κ2) is 8.94. The number of hydrogen-bond acceptors (Lipinski definition) is 5. The maximum Gasteiger partial charge on any atom is 0.351 e. The highest BCUT2D eigenvalue weighted by Crippen LogP contribution is 2.52. The molecule has 1 aromatic heterocycles. The Kier molecular flexibility index (Phi) is 6.87. The number of methoxy groups -OCH3 is 1. The van der Waals surface area contributed by atoms with Crippen LogP contribution in [0.15, 0.2) is 28.7 Å². The van der Waals surface area contributed by atoms with Crippen LogP contribution < -0.4 is 4.74 Å². The van der Waals surface area contributed by atoms with Crippen molar-refractivity contribution in [1.82, 2.24) is 0 Å². The Hall–Kier alpha value is -1.86. The Morgan fingerprint density at radius 3 is 2.42 bits per heavy atom. The highest BCUT2D eigenvalue weighted by atomic mass is 79.9. The SMILES string of the molecule is COC(=O)c1sc(-c2cccc(C3CC(C)(C)CC(C)(C)C3)c2)c(Br)c1OCC(=O)O. The van der Waals surface area contributed by atoms with Crippen LogP contribution in [0.25, 0.3) is 10.4 Å². The van der Waals surface area contributed by atoms with Gasteiger partial charge in [0.2, 0.25) is 0 Å². The predicted octanol–water partition coefficient (Wildman–Crippen LogP) is 6.75. The molecular formula is C24H29BrO5S. The molecule has 1 aromatic carbocycles. The Labute approximate surface area is 195 Å². The number of hydrogen-bond donors (Lipinski definition) is 1. The van der Waals surface area contributed by atoms with Crippen molar-refractivity contribution in [3.05, 3.63) is 39.2 Å². The standard InChI is InChI=1S/C24H29BrO5S/c1-23(2)10-16(11-24(3,4)13-23)14-7-6-8-15(9-14)20-18(25)19(30-12-17(26)27)21(31-20)22(28)29-5/h6-9,16H,10-13H2,1-5H3,(H,26,27). The zero-order valence-electron chi connectivity index (χ0n) is 18.6. The number of thiophene rings is 1. The van der Waals surface area contributed by atoms with Gasteiger partial charge in [0, 0.05) is 0 Å². The molecule has 0 amide bonds. The lowest BCUT2D eigenvalue weighted by Gasteiger charge is -2.45. The molecule has 0 unspecified atom stereocenters. The molecule has 1 aliphatic rings. The van der Waals surface area contributed by atoms with Crippen LogP contribution in [-0.4, -0.2) is 30.8 Å². The van der Waals surface area contributed by atoms with Crippen molar-refractivity contribution in [2.75, 3.05) is 13.7 Å². The van der Waals surface area contributed by atoms with Crippen molar-refractivity contribution in [3.8, 4) is 16.2 Å². The van der Waals surface area contributed by atoms with Crippen LogP contribution in [0.4, 0.5) is 0 Å². The summed E-state index contributed by atoms with van der Waals surface area (Å²) in [4.78, 5) is 24.3. The fraction of sp³-hybridized carbons (Fsp3) is 0.500. The fourth-order valence-electron chi connectivity index (χ4n) is 5.09. The van der Waals surface area contributed by atoms with Crippen LogP contribution in [0.3, 0.4) is 0 Å². The van der Waals surface area contributed by atoms with Crippen LogP contribution in [0.5, 0.6) is 5.75 Å². The first-order chi connectivity index (χ1) is 14.4. The lowest BCUT2D eigenvalue weighted by molar-refractivity contribution is -0.139. The van der Waals surface area contributed by atoms with Crippen molar-refractivity contribution in [1.29, 1.82) is 0 Å². The van der Waals surface area contributed by atoms with E-state index in [-0.39, 0.29) is 21.5 Å². The molecule has 0 spiro atoms. The summed E-state index contributed by atoms with van der Waals surface area (Å²) in [6, 6.07) is 8.40. The van der Waals surface area contributed by atoms with Crippen molar-refractivity contribution >= 4 is 39.2 Å². The Morgan fingerprint density at radius 2 is 1.84 bits per heavy atom. The molecule has 168 valence electrons. The molecule has 1 saturated carbocycles. The van der Waals surface area contributed by atoms with E-state index in [0.717, 1.165) is 23.3 Å². The number of benzene rings is 1. The average Bonchev–Trinajstić information content (AvgIpc) is 2.99. The highest BCUT2D eigenvalue weighted by molar-refractivity contribution is 9.10. The van der Waals surface area contributed by atoms with Gasteiger partial charge in [-0.05, 0) is 63.1 Å². The largest absolute Gasteiger partial charge is 0.479 e. The van der Waals surface area contributed by atoms with Gasteiger partial charge in [0.05, 0.1) is 16.5 Å². The van der Waals surface area contributed by atoms with Gasteiger partial charge in [-0.2, -0.15) is 0 Å². The van der Waals surface area contributed by atoms with Crippen molar-refractivity contribution in [2.24, 2.45) is 10.8 Å². The van der Waals surface area contributed by atoms with Crippen LogP contribution in [0.2, 0.25) is 0 Å². The van der Waals surface area contributed by atoms with Crippen LogP contribution >= 0.6 is 27.3 Å². The van der Waals surface area contributed by atoms with E-state index in [4.69, 9.17) is 14.6 Å². The monoisotopic (exact) mass is 508 g/mol.